The third-order valence-electron chi connectivity index (χ3n) is 2.92. The van der Waals surface area contributed by atoms with Crippen molar-refractivity contribution in [2.75, 3.05) is 10.6 Å². The molecule has 0 aliphatic heterocycles. The van der Waals surface area contributed by atoms with Gasteiger partial charge in [-0.25, -0.2) is 0 Å². The number of amides is 2. The van der Waals surface area contributed by atoms with Gasteiger partial charge in [-0.2, -0.15) is 0 Å². The zero-order valence-electron chi connectivity index (χ0n) is 12.1. The zero-order chi connectivity index (χ0) is 17.0. The molecule has 0 saturated heterocycles. The van der Waals surface area contributed by atoms with Crippen LogP contribution in [0.1, 0.15) is 27.6 Å². The van der Waals surface area contributed by atoms with Crippen LogP contribution in [0.3, 0.4) is 0 Å². The van der Waals surface area contributed by atoms with Crippen LogP contribution in [0.4, 0.5) is 11.4 Å². The zero-order valence-corrected chi connectivity index (χ0v) is 13.6. The van der Waals surface area contributed by atoms with E-state index in [4.69, 9.17) is 0 Å². The first-order valence-corrected chi connectivity index (χ1v) is 7.36. The molecule has 0 radical (unpaired) electrons. The molecule has 0 heterocycles. The Morgan fingerprint density at radius 1 is 1.00 bits per heavy atom. The Morgan fingerprint density at radius 2 is 1.65 bits per heavy atom. The largest absolute Gasteiger partial charge is 0.545 e. The molecule has 0 saturated carbocycles. The summed E-state index contributed by atoms with van der Waals surface area (Å²) in [6.07, 6.45) is 0. The molecule has 2 amide bonds. The number of benzene rings is 2. The van der Waals surface area contributed by atoms with Crippen molar-refractivity contribution in [2.45, 2.75) is 6.92 Å². The summed E-state index contributed by atoms with van der Waals surface area (Å²) in [5.74, 6) is -2.07. The van der Waals surface area contributed by atoms with E-state index in [1.54, 1.807) is 18.2 Å². The van der Waals surface area contributed by atoms with Crippen LogP contribution in [-0.2, 0) is 4.79 Å². The molecule has 2 rings (SSSR count). The third kappa shape index (κ3) is 4.40. The Balaban J connectivity index is 2.19. The van der Waals surface area contributed by atoms with Crippen molar-refractivity contribution in [3.63, 3.8) is 0 Å². The fourth-order valence-electron chi connectivity index (χ4n) is 1.90. The average Bonchev–Trinajstić information content (AvgIpc) is 2.49. The Hall–Kier alpha value is -2.67. The van der Waals surface area contributed by atoms with Gasteiger partial charge in [-0.3, -0.25) is 9.59 Å². The highest BCUT2D eigenvalue weighted by Crippen LogP contribution is 2.21. The van der Waals surface area contributed by atoms with Crippen LogP contribution in [0.5, 0.6) is 0 Å². The SMILES string of the molecule is CC(=O)Nc1ccc(C(=O)Nc2ccc(Br)cc2C(=O)[O-])cc1. The fraction of sp³-hybridized carbons (Fsp3) is 0.0625. The van der Waals surface area contributed by atoms with Gasteiger partial charge in [0.1, 0.15) is 0 Å². The van der Waals surface area contributed by atoms with Gasteiger partial charge in [0.15, 0.2) is 0 Å². The van der Waals surface area contributed by atoms with Gasteiger partial charge in [0.05, 0.1) is 11.7 Å². The molecule has 7 heteroatoms. The highest BCUT2D eigenvalue weighted by Gasteiger charge is 2.10. The van der Waals surface area contributed by atoms with Crippen molar-refractivity contribution in [1.29, 1.82) is 0 Å². The van der Waals surface area contributed by atoms with Crippen molar-refractivity contribution in [3.05, 3.63) is 58.1 Å². The molecule has 0 aliphatic rings. The third-order valence-corrected chi connectivity index (χ3v) is 3.41. The summed E-state index contributed by atoms with van der Waals surface area (Å²) in [6, 6.07) is 10.6. The summed E-state index contributed by atoms with van der Waals surface area (Å²) in [6.45, 7) is 1.38. The smallest absolute Gasteiger partial charge is 0.255 e. The highest BCUT2D eigenvalue weighted by molar-refractivity contribution is 9.10. The Morgan fingerprint density at radius 3 is 2.22 bits per heavy atom. The second kappa shape index (κ2) is 7.06. The van der Waals surface area contributed by atoms with Crippen molar-refractivity contribution >= 4 is 45.1 Å². The predicted octanol–water partition coefficient (Wildman–Crippen LogP) is 2.02. The molecule has 0 aromatic heterocycles. The molecule has 6 nitrogen and oxygen atoms in total. The minimum absolute atomic E-state index is 0.123. The molecular formula is C16H12BrN2O4-. The van der Waals surface area contributed by atoms with Gasteiger partial charge in [0.25, 0.3) is 5.91 Å². The van der Waals surface area contributed by atoms with E-state index < -0.39 is 11.9 Å². The normalized spacial score (nSPS) is 10.0. The summed E-state index contributed by atoms with van der Waals surface area (Å²) in [5, 5.41) is 16.2. The number of carbonyl (C=O) groups is 3. The number of aromatic carboxylic acids is 1. The van der Waals surface area contributed by atoms with Gasteiger partial charge in [-0.15, -0.1) is 0 Å². The molecule has 2 aromatic rings. The minimum atomic E-state index is -1.39. The number of hydrogen-bond acceptors (Lipinski definition) is 4. The number of carboxylic acid groups (broad SMARTS) is 1. The van der Waals surface area contributed by atoms with E-state index in [1.165, 1.54) is 31.2 Å². The highest BCUT2D eigenvalue weighted by atomic mass is 79.9. The fourth-order valence-corrected chi connectivity index (χ4v) is 2.26. The van der Waals surface area contributed by atoms with Crippen LogP contribution >= 0.6 is 15.9 Å². The van der Waals surface area contributed by atoms with Crippen molar-refractivity contribution in [1.82, 2.24) is 0 Å². The monoisotopic (exact) mass is 375 g/mol. The van der Waals surface area contributed by atoms with Crippen LogP contribution in [0, 0.1) is 0 Å². The number of carbonyl (C=O) groups excluding carboxylic acids is 3. The van der Waals surface area contributed by atoms with Gasteiger partial charge in [-0.05, 0) is 42.5 Å². The lowest BCUT2D eigenvalue weighted by molar-refractivity contribution is -0.254. The van der Waals surface area contributed by atoms with Gasteiger partial charge < -0.3 is 20.5 Å². The van der Waals surface area contributed by atoms with Gasteiger partial charge in [-0.1, -0.05) is 15.9 Å². The summed E-state index contributed by atoms with van der Waals surface area (Å²) in [7, 11) is 0. The van der Waals surface area contributed by atoms with Crippen molar-refractivity contribution in [2.24, 2.45) is 0 Å². The molecule has 0 spiro atoms. The van der Waals surface area contributed by atoms with E-state index in [1.807, 2.05) is 0 Å². The Bertz CT molecular complexity index is 772. The summed E-state index contributed by atoms with van der Waals surface area (Å²) < 4.78 is 0.564. The average molecular weight is 376 g/mol. The first-order valence-electron chi connectivity index (χ1n) is 6.56. The predicted molar refractivity (Wildman–Crippen MR) is 87.2 cm³/mol. The van der Waals surface area contributed by atoms with Gasteiger partial charge in [0, 0.05) is 28.2 Å². The lowest BCUT2D eigenvalue weighted by Gasteiger charge is -2.12. The standard InChI is InChI=1S/C16H13BrN2O4/c1-9(20)18-12-5-2-10(3-6-12)15(21)19-14-7-4-11(17)8-13(14)16(22)23/h2-8H,1H3,(H,18,20)(H,19,21)(H,22,23)/p-1. The maximum absolute atomic E-state index is 12.2. The molecule has 0 unspecified atom stereocenters. The first-order chi connectivity index (χ1) is 10.9. The van der Waals surface area contributed by atoms with E-state index in [0.717, 1.165) is 0 Å². The molecule has 2 aromatic carbocycles. The number of nitrogens with one attached hydrogen (secondary N) is 2. The summed E-state index contributed by atoms with van der Waals surface area (Å²) in [4.78, 5) is 34.2. The lowest BCUT2D eigenvalue weighted by atomic mass is 10.1. The van der Waals surface area contributed by atoms with E-state index in [2.05, 4.69) is 26.6 Å². The topological polar surface area (TPSA) is 98.3 Å². The van der Waals surface area contributed by atoms with Gasteiger partial charge in [0.2, 0.25) is 5.91 Å². The van der Waals surface area contributed by atoms with Crippen molar-refractivity contribution in [3.8, 4) is 0 Å². The second-order valence-electron chi connectivity index (χ2n) is 4.69. The molecule has 2 N–H and O–H groups in total. The lowest BCUT2D eigenvalue weighted by Crippen LogP contribution is -2.25. The number of anilines is 2. The van der Waals surface area contributed by atoms with E-state index in [9.17, 15) is 19.5 Å². The van der Waals surface area contributed by atoms with Crippen LogP contribution in [-0.4, -0.2) is 17.8 Å². The number of halogens is 1. The molecule has 23 heavy (non-hydrogen) atoms. The Labute approximate surface area is 140 Å². The van der Waals surface area contributed by atoms with Gasteiger partial charge >= 0.3 is 0 Å². The van der Waals surface area contributed by atoms with Crippen molar-refractivity contribution < 1.29 is 19.5 Å². The van der Waals surface area contributed by atoms with Crippen LogP contribution in [0.2, 0.25) is 0 Å². The van der Waals surface area contributed by atoms with Crippen LogP contribution in [0.15, 0.2) is 46.9 Å². The quantitative estimate of drug-likeness (QED) is 0.853. The molecule has 0 atom stereocenters. The minimum Gasteiger partial charge on any atom is -0.545 e. The molecule has 118 valence electrons. The number of rotatable bonds is 4. The molecule has 0 bridgehead atoms. The van der Waals surface area contributed by atoms with E-state index in [-0.39, 0.29) is 17.2 Å². The maximum atomic E-state index is 12.2. The van der Waals surface area contributed by atoms with Crippen LogP contribution in [0.25, 0.3) is 0 Å². The molecular weight excluding hydrogens is 364 g/mol. The molecule has 0 fully saturated rings. The van der Waals surface area contributed by atoms with E-state index >= 15 is 0 Å². The number of carboxylic acids is 1. The Kier molecular flexibility index (Phi) is 5.13. The molecule has 0 aliphatic carbocycles. The summed E-state index contributed by atoms with van der Waals surface area (Å²) >= 11 is 3.16. The first kappa shape index (κ1) is 16.7. The second-order valence-corrected chi connectivity index (χ2v) is 5.61. The van der Waals surface area contributed by atoms with Crippen LogP contribution < -0.4 is 15.7 Å². The van der Waals surface area contributed by atoms with E-state index in [0.29, 0.717) is 15.7 Å². The summed E-state index contributed by atoms with van der Waals surface area (Å²) in [5.41, 5.74) is 0.908. The maximum Gasteiger partial charge on any atom is 0.255 e. The number of hydrogen-bond donors (Lipinski definition) is 2.